The lowest BCUT2D eigenvalue weighted by atomic mass is 9.89. The lowest BCUT2D eigenvalue weighted by molar-refractivity contribution is -0.142. The maximum Gasteiger partial charge on any atom is 0.317 e. The van der Waals surface area contributed by atoms with Crippen molar-refractivity contribution in [2.75, 3.05) is 12.3 Å². The number of primary sulfonamides is 1. The fraction of sp³-hybridized carbons (Fsp3) is 0.818. The monoisotopic (exact) mass is 305 g/mol. The number of carboxylic acid groups (broad SMARTS) is 1. The minimum atomic E-state index is -3.51. The number of nitrogens with two attached hydrogens (primary N) is 1. The predicted octanol–water partition coefficient (Wildman–Crippen LogP) is -0.688. The number of carboxylic acids is 1. The molecule has 0 aliphatic carbocycles. The fourth-order valence-corrected chi connectivity index (χ4v) is 3.68. The van der Waals surface area contributed by atoms with E-state index in [1.165, 1.54) is 0 Å². The molecule has 2 amide bonds. The Hall–Kier alpha value is -1.35. The van der Waals surface area contributed by atoms with Crippen LogP contribution in [0.4, 0.5) is 4.79 Å². The quantitative estimate of drug-likeness (QED) is 0.579. The van der Waals surface area contributed by atoms with E-state index in [0.29, 0.717) is 12.8 Å². The van der Waals surface area contributed by atoms with E-state index in [-0.39, 0.29) is 36.8 Å². The van der Waals surface area contributed by atoms with E-state index in [1.807, 2.05) is 0 Å². The average Bonchev–Trinajstić information content (AvgIpc) is 2.90. The van der Waals surface area contributed by atoms with Gasteiger partial charge in [0.05, 0.1) is 11.7 Å². The van der Waals surface area contributed by atoms with Gasteiger partial charge in [-0.3, -0.25) is 4.79 Å². The van der Waals surface area contributed by atoms with Crippen LogP contribution in [-0.4, -0.2) is 54.8 Å². The molecule has 8 nitrogen and oxygen atoms in total. The number of nitrogens with zero attached hydrogens (tertiary/aromatic N) is 1. The molecule has 20 heavy (non-hydrogen) atoms. The van der Waals surface area contributed by atoms with Gasteiger partial charge in [0.2, 0.25) is 10.0 Å². The Bertz CT molecular complexity index is 506. The van der Waals surface area contributed by atoms with Gasteiger partial charge in [0, 0.05) is 18.6 Å². The molecule has 3 unspecified atom stereocenters. The summed E-state index contributed by atoms with van der Waals surface area (Å²) in [7, 11) is -3.51. The van der Waals surface area contributed by atoms with Crippen LogP contribution in [0.15, 0.2) is 0 Å². The van der Waals surface area contributed by atoms with Crippen LogP contribution in [0.1, 0.15) is 25.7 Å². The summed E-state index contributed by atoms with van der Waals surface area (Å²) in [6.07, 6.45) is 2.30. The molecule has 2 heterocycles. The third-order valence-corrected chi connectivity index (χ3v) is 4.83. The highest BCUT2D eigenvalue weighted by atomic mass is 32.2. The number of aliphatic carboxylic acids is 1. The van der Waals surface area contributed by atoms with Crippen LogP contribution in [0, 0.1) is 5.92 Å². The first kappa shape index (κ1) is 15.0. The van der Waals surface area contributed by atoms with E-state index in [4.69, 9.17) is 10.2 Å². The van der Waals surface area contributed by atoms with Crippen molar-refractivity contribution in [1.29, 1.82) is 0 Å². The molecule has 4 N–H and O–H groups in total. The van der Waals surface area contributed by atoms with Gasteiger partial charge in [0.1, 0.15) is 0 Å². The zero-order chi connectivity index (χ0) is 14.9. The number of hydrogen-bond donors (Lipinski definition) is 3. The minimum Gasteiger partial charge on any atom is -0.481 e. The van der Waals surface area contributed by atoms with E-state index >= 15 is 0 Å². The Labute approximate surface area is 117 Å². The van der Waals surface area contributed by atoms with Crippen molar-refractivity contribution >= 4 is 22.0 Å². The lowest BCUT2D eigenvalue weighted by Gasteiger charge is -2.23. The Morgan fingerprint density at radius 1 is 1.35 bits per heavy atom. The van der Waals surface area contributed by atoms with E-state index < -0.39 is 21.9 Å². The molecule has 2 bridgehead atoms. The van der Waals surface area contributed by atoms with Crippen molar-refractivity contribution < 1.29 is 23.1 Å². The summed E-state index contributed by atoms with van der Waals surface area (Å²) in [5.41, 5.74) is 0. The van der Waals surface area contributed by atoms with Gasteiger partial charge in [-0.2, -0.15) is 0 Å². The van der Waals surface area contributed by atoms with Crippen LogP contribution < -0.4 is 10.5 Å². The largest absolute Gasteiger partial charge is 0.481 e. The van der Waals surface area contributed by atoms with Crippen molar-refractivity contribution in [2.45, 2.75) is 37.8 Å². The van der Waals surface area contributed by atoms with Gasteiger partial charge in [0.15, 0.2) is 0 Å². The normalized spacial score (nSPS) is 28.6. The molecule has 2 rings (SSSR count). The average molecular weight is 305 g/mol. The second-order valence-corrected chi connectivity index (χ2v) is 7.07. The first-order valence-corrected chi connectivity index (χ1v) is 8.30. The molecule has 0 aromatic carbocycles. The number of carbonyl (C=O) groups excluding carboxylic acids is 1. The molecule has 9 heteroatoms. The third-order valence-electron chi connectivity index (χ3n) is 3.97. The van der Waals surface area contributed by atoms with Crippen LogP contribution in [-0.2, 0) is 14.8 Å². The number of carbonyl (C=O) groups is 2. The van der Waals surface area contributed by atoms with Crippen LogP contribution in [0.3, 0.4) is 0 Å². The van der Waals surface area contributed by atoms with Gasteiger partial charge in [-0.15, -0.1) is 0 Å². The molecule has 0 saturated carbocycles. The maximum absolute atomic E-state index is 12.0. The predicted molar refractivity (Wildman–Crippen MR) is 70.4 cm³/mol. The number of hydrogen-bond acceptors (Lipinski definition) is 4. The molecule has 114 valence electrons. The second kappa shape index (κ2) is 5.57. The van der Waals surface area contributed by atoms with E-state index in [1.54, 1.807) is 4.90 Å². The second-order valence-electron chi connectivity index (χ2n) is 5.34. The van der Waals surface area contributed by atoms with Gasteiger partial charge >= 0.3 is 12.0 Å². The van der Waals surface area contributed by atoms with Crippen LogP contribution in [0.5, 0.6) is 0 Å². The van der Waals surface area contributed by atoms with E-state index in [0.717, 1.165) is 6.42 Å². The molecule has 2 aliphatic heterocycles. The molecule has 0 aromatic rings. The molecule has 0 spiro atoms. The van der Waals surface area contributed by atoms with Crippen LogP contribution in [0.25, 0.3) is 0 Å². The van der Waals surface area contributed by atoms with Gasteiger partial charge < -0.3 is 15.3 Å². The van der Waals surface area contributed by atoms with E-state index in [9.17, 15) is 18.0 Å². The Balaban J connectivity index is 1.83. The highest BCUT2D eigenvalue weighted by Crippen LogP contribution is 2.41. The molecule has 0 aromatic heterocycles. The van der Waals surface area contributed by atoms with Crippen molar-refractivity contribution in [3.05, 3.63) is 0 Å². The highest BCUT2D eigenvalue weighted by Gasteiger charge is 2.51. The molecule has 2 saturated heterocycles. The van der Waals surface area contributed by atoms with Crippen LogP contribution >= 0.6 is 0 Å². The van der Waals surface area contributed by atoms with E-state index in [2.05, 4.69) is 5.32 Å². The molecule has 2 aliphatic rings. The Kier molecular flexibility index (Phi) is 4.19. The van der Waals surface area contributed by atoms with Gasteiger partial charge in [-0.1, -0.05) is 0 Å². The Morgan fingerprint density at radius 3 is 2.60 bits per heavy atom. The molecular weight excluding hydrogens is 286 g/mol. The highest BCUT2D eigenvalue weighted by molar-refractivity contribution is 7.89. The lowest BCUT2D eigenvalue weighted by Crippen LogP contribution is -2.44. The molecule has 2 fully saturated rings. The number of rotatable bonds is 5. The van der Waals surface area contributed by atoms with Crippen molar-refractivity contribution in [3.63, 3.8) is 0 Å². The smallest absolute Gasteiger partial charge is 0.317 e. The first-order valence-electron chi connectivity index (χ1n) is 6.59. The summed E-state index contributed by atoms with van der Waals surface area (Å²) in [5.74, 6) is -1.52. The van der Waals surface area contributed by atoms with Gasteiger partial charge in [-0.25, -0.2) is 18.4 Å². The van der Waals surface area contributed by atoms with Crippen molar-refractivity contribution in [1.82, 2.24) is 10.2 Å². The van der Waals surface area contributed by atoms with Crippen LogP contribution in [0.2, 0.25) is 0 Å². The summed E-state index contributed by atoms with van der Waals surface area (Å²) in [6.45, 7) is 0.211. The topological polar surface area (TPSA) is 130 Å². The van der Waals surface area contributed by atoms with Gasteiger partial charge in [0.25, 0.3) is 0 Å². The van der Waals surface area contributed by atoms with Gasteiger partial charge in [-0.05, 0) is 25.7 Å². The van der Waals surface area contributed by atoms with Crippen molar-refractivity contribution in [3.8, 4) is 0 Å². The number of sulfonamides is 1. The third kappa shape index (κ3) is 3.21. The summed E-state index contributed by atoms with van der Waals surface area (Å²) >= 11 is 0. The zero-order valence-electron chi connectivity index (χ0n) is 11.0. The fourth-order valence-electron chi connectivity index (χ4n) is 3.13. The number of amides is 2. The minimum absolute atomic E-state index is 0.0145. The maximum atomic E-state index is 12.0. The SMILES string of the molecule is NS(=O)(=O)CCCNC(=O)N1C2CCC1C(C(=O)O)C2. The molecule has 0 radical (unpaired) electrons. The number of urea groups is 1. The Morgan fingerprint density at radius 2 is 2.05 bits per heavy atom. The standard InChI is InChI=1S/C11H19N3O5S/c12-20(18,19)5-1-4-13-11(17)14-7-2-3-9(14)8(6-7)10(15)16/h7-9H,1-6H2,(H,13,17)(H,15,16)(H2,12,18,19). The number of fused-ring (bicyclic) bond motifs is 2. The summed E-state index contributed by atoms with van der Waals surface area (Å²) in [5, 5.41) is 16.6. The van der Waals surface area contributed by atoms with Crippen molar-refractivity contribution in [2.24, 2.45) is 11.1 Å². The number of nitrogens with one attached hydrogen (secondary N) is 1. The summed E-state index contributed by atoms with van der Waals surface area (Å²) < 4.78 is 21.5. The summed E-state index contributed by atoms with van der Waals surface area (Å²) in [6, 6.07) is -0.564. The molecular formula is C11H19N3O5S. The molecule has 3 atom stereocenters. The first-order chi connectivity index (χ1) is 9.29. The summed E-state index contributed by atoms with van der Waals surface area (Å²) in [4.78, 5) is 24.7. The zero-order valence-corrected chi connectivity index (χ0v) is 11.8.